The second-order valence-electron chi connectivity index (χ2n) is 7.52. The molecule has 0 bridgehead atoms. The van der Waals surface area contributed by atoms with Crippen LogP contribution in [-0.4, -0.2) is 30.9 Å². The molecule has 0 saturated heterocycles. The van der Waals surface area contributed by atoms with Crippen LogP contribution in [0, 0.1) is 0 Å². The van der Waals surface area contributed by atoms with E-state index in [1.807, 2.05) is 13.0 Å². The first-order chi connectivity index (χ1) is 14.1. The number of aromatic amines is 1. The maximum absolute atomic E-state index is 12.7. The molecular formula is C22H23N5OS. The smallest absolute Gasteiger partial charge is 0.237 e. The van der Waals surface area contributed by atoms with E-state index in [0.717, 1.165) is 23.4 Å². The van der Waals surface area contributed by atoms with Crippen molar-refractivity contribution in [3.05, 3.63) is 48.3 Å². The van der Waals surface area contributed by atoms with Crippen LogP contribution < -0.4 is 5.32 Å². The normalized spacial score (nSPS) is 15.1. The summed E-state index contributed by atoms with van der Waals surface area (Å²) in [6.45, 7) is 4.94. The number of hydrogen-bond acceptors (Lipinski definition) is 4. The third-order valence-electron chi connectivity index (χ3n) is 5.45. The fourth-order valence-corrected chi connectivity index (χ4v) is 4.51. The summed E-state index contributed by atoms with van der Waals surface area (Å²) in [5.41, 5.74) is 3.21. The first-order valence-corrected chi connectivity index (χ1v) is 10.9. The van der Waals surface area contributed by atoms with Crippen LogP contribution in [0.15, 0.2) is 47.6 Å². The fourth-order valence-electron chi connectivity index (χ4n) is 3.78. The number of nitrogens with zero attached hydrogens (tertiary/aromatic N) is 3. The van der Waals surface area contributed by atoms with Gasteiger partial charge in [-0.25, -0.2) is 4.98 Å². The van der Waals surface area contributed by atoms with Gasteiger partial charge in [0.2, 0.25) is 11.1 Å². The number of aryl methyl sites for hydroxylation is 1. The van der Waals surface area contributed by atoms with Gasteiger partial charge >= 0.3 is 0 Å². The Morgan fingerprint density at radius 1 is 1.24 bits per heavy atom. The largest absolute Gasteiger partial charge is 0.341 e. The van der Waals surface area contributed by atoms with E-state index in [-0.39, 0.29) is 11.2 Å². The molecule has 0 spiro atoms. The number of carbonyl (C=O) groups is 1. The number of H-pyrrole nitrogens is 1. The van der Waals surface area contributed by atoms with Gasteiger partial charge in [-0.2, -0.15) is 0 Å². The highest BCUT2D eigenvalue weighted by Crippen LogP contribution is 2.38. The lowest BCUT2D eigenvalue weighted by molar-refractivity contribution is -0.115. The van der Waals surface area contributed by atoms with Crippen LogP contribution in [0.3, 0.4) is 0 Å². The Labute approximate surface area is 173 Å². The van der Waals surface area contributed by atoms with E-state index in [2.05, 4.69) is 68.4 Å². The molecule has 1 aliphatic carbocycles. The molecule has 7 heteroatoms. The molecule has 1 aliphatic rings. The van der Waals surface area contributed by atoms with Crippen molar-refractivity contribution >= 4 is 45.2 Å². The summed E-state index contributed by atoms with van der Waals surface area (Å²) >= 11 is 1.38. The van der Waals surface area contributed by atoms with Gasteiger partial charge in [0, 0.05) is 40.0 Å². The van der Waals surface area contributed by atoms with E-state index in [9.17, 15) is 4.79 Å². The van der Waals surface area contributed by atoms with Gasteiger partial charge in [-0.1, -0.05) is 30.0 Å². The number of anilines is 1. The molecule has 2 aromatic carbocycles. The molecule has 1 unspecified atom stereocenters. The van der Waals surface area contributed by atoms with Gasteiger partial charge in [0.1, 0.15) is 5.82 Å². The first-order valence-electron chi connectivity index (χ1n) is 10.0. The molecule has 2 N–H and O–H groups in total. The van der Waals surface area contributed by atoms with E-state index < -0.39 is 0 Å². The monoisotopic (exact) mass is 405 g/mol. The lowest BCUT2D eigenvalue weighted by Crippen LogP contribution is -2.22. The van der Waals surface area contributed by atoms with Crippen molar-refractivity contribution in [2.75, 3.05) is 5.32 Å². The quantitative estimate of drug-likeness (QED) is 0.446. The Morgan fingerprint density at radius 3 is 2.83 bits per heavy atom. The topological polar surface area (TPSA) is 75.6 Å². The molecule has 148 valence electrons. The molecule has 0 aliphatic heterocycles. The van der Waals surface area contributed by atoms with Crippen LogP contribution >= 0.6 is 11.8 Å². The minimum absolute atomic E-state index is 0.0497. The molecule has 5 rings (SSSR count). The third kappa shape index (κ3) is 3.40. The zero-order valence-corrected chi connectivity index (χ0v) is 17.3. The van der Waals surface area contributed by atoms with Gasteiger partial charge in [-0.15, -0.1) is 5.10 Å². The summed E-state index contributed by atoms with van der Waals surface area (Å²) in [6.07, 6.45) is 2.35. The van der Waals surface area contributed by atoms with Crippen molar-refractivity contribution in [2.45, 2.75) is 49.6 Å². The Bertz CT molecular complexity index is 1210. The second kappa shape index (κ2) is 7.22. The molecule has 1 fully saturated rings. The summed E-state index contributed by atoms with van der Waals surface area (Å²) in [5, 5.41) is 13.0. The summed E-state index contributed by atoms with van der Waals surface area (Å²) in [5.74, 6) is 1.42. The van der Waals surface area contributed by atoms with E-state index in [1.54, 1.807) is 0 Å². The number of fused-ring (bicyclic) bond motifs is 3. The number of aromatic nitrogens is 4. The number of carbonyl (C=O) groups excluding carboxylic acids is 1. The fraction of sp³-hybridized carbons (Fsp3) is 0.318. The minimum Gasteiger partial charge on any atom is -0.341 e. The highest BCUT2D eigenvalue weighted by atomic mass is 32.2. The molecule has 4 aromatic rings. The Kier molecular flexibility index (Phi) is 4.54. The summed E-state index contributed by atoms with van der Waals surface area (Å²) in [4.78, 5) is 17.2. The number of nitrogens with one attached hydrogen (secondary N) is 2. The first kappa shape index (κ1) is 18.2. The van der Waals surface area contributed by atoms with Crippen molar-refractivity contribution in [3.63, 3.8) is 0 Å². The number of para-hydroxylation sites is 1. The highest BCUT2D eigenvalue weighted by Gasteiger charge is 2.28. The Balaban J connectivity index is 1.36. The average molecular weight is 406 g/mol. The van der Waals surface area contributed by atoms with Gasteiger partial charge in [0.05, 0.1) is 5.25 Å². The number of hydrogen-bond donors (Lipinski definition) is 2. The van der Waals surface area contributed by atoms with E-state index in [1.165, 1.54) is 41.0 Å². The molecule has 0 radical (unpaired) electrons. The van der Waals surface area contributed by atoms with Gasteiger partial charge in [-0.05, 0) is 51.0 Å². The predicted octanol–water partition coefficient (Wildman–Crippen LogP) is 4.93. The van der Waals surface area contributed by atoms with E-state index in [0.29, 0.717) is 11.1 Å². The van der Waals surface area contributed by atoms with Crippen LogP contribution in [-0.2, 0) is 11.3 Å². The van der Waals surface area contributed by atoms with Gasteiger partial charge in [-0.3, -0.25) is 9.89 Å². The van der Waals surface area contributed by atoms with Crippen LogP contribution in [0.2, 0.25) is 0 Å². The molecule has 2 heterocycles. The van der Waals surface area contributed by atoms with Crippen LogP contribution in [0.5, 0.6) is 0 Å². The maximum atomic E-state index is 12.7. The molecule has 1 amide bonds. The van der Waals surface area contributed by atoms with Crippen LogP contribution in [0.25, 0.3) is 21.8 Å². The summed E-state index contributed by atoms with van der Waals surface area (Å²) < 4.78 is 2.30. The van der Waals surface area contributed by atoms with Crippen molar-refractivity contribution in [2.24, 2.45) is 0 Å². The summed E-state index contributed by atoms with van der Waals surface area (Å²) in [6, 6.07) is 14.5. The van der Waals surface area contributed by atoms with E-state index in [4.69, 9.17) is 0 Å². The molecule has 1 atom stereocenters. The lowest BCUT2D eigenvalue weighted by Gasteiger charge is -2.10. The second-order valence-corrected chi connectivity index (χ2v) is 8.83. The molecule has 2 aromatic heterocycles. The molecule has 6 nitrogen and oxygen atoms in total. The number of rotatable bonds is 6. The van der Waals surface area contributed by atoms with Crippen molar-refractivity contribution in [3.8, 4) is 0 Å². The highest BCUT2D eigenvalue weighted by molar-refractivity contribution is 8.00. The van der Waals surface area contributed by atoms with Crippen LogP contribution in [0.4, 0.5) is 5.69 Å². The predicted molar refractivity (Wildman–Crippen MR) is 117 cm³/mol. The summed E-state index contributed by atoms with van der Waals surface area (Å²) in [7, 11) is 0. The zero-order chi connectivity index (χ0) is 20.0. The van der Waals surface area contributed by atoms with Gasteiger partial charge < -0.3 is 9.88 Å². The van der Waals surface area contributed by atoms with Gasteiger partial charge in [0.15, 0.2) is 0 Å². The van der Waals surface area contributed by atoms with Crippen molar-refractivity contribution < 1.29 is 4.79 Å². The lowest BCUT2D eigenvalue weighted by atomic mass is 10.1. The molecule has 29 heavy (non-hydrogen) atoms. The maximum Gasteiger partial charge on any atom is 0.237 e. The number of amides is 1. The zero-order valence-electron chi connectivity index (χ0n) is 16.5. The van der Waals surface area contributed by atoms with Crippen molar-refractivity contribution in [1.82, 2.24) is 19.7 Å². The average Bonchev–Trinajstić information content (AvgIpc) is 3.40. The Morgan fingerprint density at radius 2 is 2.03 bits per heavy atom. The number of benzene rings is 2. The third-order valence-corrected chi connectivity index (χ3v) is 6.41. The SMILES string of the molecule is CCn1c2ccccc2c2cc(NC(=O)C(C)Sc3n[nH]c(C4CC4)n3)ccc21. The Hall–Kier alpha value is -2.80. The van der Waals surface area contributed by atoms with E-state index >= 15 is 0 Å². The van der Waals surface area contributed by atoms with Gasteiger partial charge in [0.25, 0.3) is 0 Å². The van der Waals surface area contributed by atoms with Crippen LogP contribution in [0.1, 0.15) is 38.4 Å². The number of thioether (sulfide) groups is 1. The minimum atomic E-state index is -0.287. The van der Waals surface area contributed by atoms with Crippen molar-refractivity contribution in [1.29, 1.82) is 0 Å². The standard InChI is InChI=1S/C22H23N5OS/c1-3-27-18-7-5-4-6-16(18)17-12-15(10-11-19(17)27)23-21(28)13(2)29-22-24-20(25-26-22)14-8-9-14/h4-7,10-14H,3,8-9H2,1-2H3,(H,23,28)(H,24,25,26). The molecular weight excluding hydrogens is 382 g/mol. The molecule has 1 saturated carbocycles.